The van der Waals surface area contributed by atoms with Crippen molar-refractivity contribution in [3.63, 3.8) is 0 Å². The van der Waals surface area contributed by atoms with Crippen molar-refractivity contribution in [2.75, 3.05) is 20.3 Å². The number of thiazole rings is 1. The predicted molar refractivity (Wildman–Crippen MR) is 113 cm³/mol. The number of nitrogens with zero attached hydrogens (tertiary/aromatic N) is 2. The lowest BCUT2D eigenvalue weighted by Gasteiger charge is -2.11. The Bertz CT molecular complexity index is 1070. The van der Waals surface area contributed by atoms with Gasteiger partial charge in [-0.3, -0.25) is 9.59 Å². The summed E-state index contributed by atoms with van der Waals surface area (Å²) in [6, 6.07) is 14.8. The lowest BCUT2D eigenvalue weighted by molar-refractivity contribution is 0.0935. The average Bonchev–Trinajstić information content (AvgIpc) is 3.15. The second-order valence-electron chi connectivity index (χ2n) is 6.51. The molecule has 7 heteroatoms. The maximum absolute atomic E-state index is 12.5. The molecule has 0 spiro atoms. The van der Waals surface area contributed by atoms with Crippen molar-refractivity contribution in [2.45, 2.75) is 13.5 Å². The standard InChI is InChI=1S/C22H23N3O3S/c1-16-6-5-8-17(14-16)20(26)24-22-25(11-13-29-22)15-18-7-3-4-9-19(18)21(27)23-10-12-28-2/h3-9,11,13-14H,10,12,15H2,1-2H3,(H,23,27). The van der Waals surface area contributed by atoms with Crippen LogP contribution in [0.25, 0.3) is 0 Å². The second kappa shape index (κ2) is 9.95. The zero-order valence-electron chi connectivity index (χ0n) is 16.4. The zero-order chi connectivity index (χ0) is 20.6. The molecule has 1 aromatic heterocycles. The highest BCUT2D eigenvalue weighted by Gasteiger charge is 2.12. The van der Waals surface area contributed by atoms with Gasteiger partial charge in [0.05, 0.1) is 13.2 Å². The lowest BCUT2D eigenvalue weighted by Crippen LogP contribution is -2.28. The first-order chi connectivity index (χ1) is 14.1. The molecular formula is C22H23N3O3S. The van der Waals surface area contributed by atoms with Gasteiger partial charge in [-0.2, -0.15) is 4.99 Å². The third kappa shape index (κ3) is 5.49. The Hall–Kier alpha value is -3.03. The van der Waals surface area contributed by atoms with Gasteiger partial charge in [0.2, 0.25) is 0 Å². The normalized spacial score (nSPS) is 11.4. The van der Waals surface area contributed by atoms with Crippen molar-refractivity contribution in [3.05, 3.63) is 87.2 Å². The molecule has 2 aromatic carbocycles. The van der Waals surface area contributed by atoms with E-state index in [4.69, 9.17) is 4.74 Å². The molecule has 2 amide bonds. The molecule has 1 N–H and O–H groups in total. The van der Waals surface area contributed by atoms with E-state index >= 15 is 0 Å². The Morgan fingerprint density at radius 3 is 2.79 bits per heavy atom. The monoisotopic (exact) mass is 409 g/mol. The number of carbonyl (C=O) groups is 2. The Labute approximate surface area is 173 Å². The summed E-state index contributed by atoms with van der Waals surface area (Å²) in [5.41, 5.74) is 3.02. The molecule has 0 saturated carbocycles. The molecule has 0 saturated heterocycles. The maximum Gasteiger partial charge on any atom is 0.279 e. The first kappa shape index (κ1) is 20.7. The summed E-state index contributed by atoms with van der Waals surface area (Å²) in [6.45, 7) is 3.28. The number of carbonyl (C=O) groups excluding carboxylic acids is 2. The largest absolute Gasteiger partial charge is 0.383 e. The Kier molecular flexibility index (Phi) is 7.10. The summed E-state index contributed by atoms with van der Waals surface area (Å²) in [6.07, 6.45) is 1.87. The van der Waals surface area contributed by atoms with Crippen LogP contribution in [0.2, 0.25) is 0 Å². The number of hydrogen-bond donors (Lipinski definition) is 1. The van der Waals surface area contributed by atoms with Crippen LogP contribution in [0.1, 0.15) is 31.8 Å². The summed E-state index contributed by atoms with van der Waals surface area (Å²) in [7, 11) is 1.59. The van der Waals surface area contributed by atoms with E-state index in [1.165, 1.54) is 11.3 Å². The summed E-state index contributed by atoms with van der Waals surface area (Å²) in [4.78, 5) is 29.9. The minimum Gasteiger partial charge on any atom is -0.383 e. The first-order valence-corrected chi connectivity index (χ1v) is 10.1. The number of nitrogens with one attached hydrogen (secondary N) is 1. The molecule has 0 fully saturated rings. The van der Waals surface area contributed by atoms with E-state index < -0.39 is 0 Å². The molecule has 0 atom stereocenters. The first-order valence-electron chi connectivity index (χ1n) is 9.23. The van der Waals surface area contributed by atoms with Crippen LogP contribution in [-0.2, 0) is 11.3 Å². The molecule has 150 valence electrons. The van der Waals surface area contributed by atoms with Crippen LogP contribution in [0, 0.1) is 6.92 Å². The maximum atomic E-state index is 12.5. The number of methoxy groups -OCH3 is 1. The third-order valence-electron chi connectivity index (χ3n) is 4.32. The number of hydrogen-bond acceptors (Lipinski definition) is 4. The molecule has 0 aliphatic rings. The Morgan fingerprint density at radius 1 is 1.17 bits per heavy atom. The number of rotatable bonds is 7. The molecule has 6 nitrogen and oxygen atoms in total. The van der Waals surface area contributed by atoms with Crippen molar-refractivity contribution in [2.24, 2.45) is 4.99 Å². The van der Waals surface area contributed by atoms with Gasteiger partial charge in [-0.15, -0.1) is 11.3 Å². The van der Waals surface area contributed by atoms with Gasteiger partial charge in [0.1, 0.15) is 0 Å². The van der Waals surface area contributed by atoms with Gasteiger partial charge in [-0.25, -0.2) is 0 Å². The Morgan fingerprint density at radius 2 is 2.00 bits per heavy atom. The number of aromatic nitrogens is 1. The van der Waals surface area contributed by atoms with Crippen LogP contribution >= 0.6 is 11.3 Å². The quantitative estimate of drug-likeness (QED) is 0.610. The third-order valence-corrected chi connectivity index (χ3v) is 5.11. The van der Waals surface area contributed by atoms with E-state index in [1.807, 2.05) is 59.5 Å². The average molecular weight is 410 g/mol. The summed E-state index contributed by atoms with van der Waals surface area (Å²) in [5.74, 6) is -0.432. The van der Waals surface area contributed by atoms with Gasteiger partial charge in [-0.1, -0.05) is 35.9 Å². The van der Waals surface area contributed by atoms with Crippen molar-refractivity contribution in [1.82, 2.24) is 9.88 Å². The fraction of sp³-hybridized carbons (Fsp3) is 0.227. The van der Waals surface area contributed by atoms with E-state index in [9.17, 15) is 9.59 Å². The highest BCUT2D eigenvalue weighted by atomic mass is 32.1. The molecule has 0 aliphatic carbocycles. The zero-order valence-corrected chi connectivity index (χ0v) is 17.2. The van der Waals surface area contributed by atoms with Crippen LogP contribution in [-0.4, -0.2) is 36.6 Å². The van der Waals surface area contributed by atoms with Gasteiger partial charge in [0, 0.05) is 36.4 Å². The van der Waals surface area contributed by atoms with Crippen LogP contribution in [0.15, 0.2) is 65.1 Å². The van der Waals surface area contributed by atoms with E-state index in [0.29, 0.717) is 35.6 Å². The predicted octanol–water partition coefficient (Wildman–Crippen LogP) is 3.02. The SMILES string of the molecule is COCCNC(=O)c1ccccc1Cn1ccsc1=NC(=O)c1cccc(C)c1. The highest BCUT2D eigenvalue weighted by molar-refractivity contribution is 7.07. The van der Waals surface area contributed by atoms with Gasteiger partial charge >= 0.3 is 0 Å². The number of aryl methyl sites for hydroxylation is 1. The Balaban J connectivity index is 1.84. The molecule has 1 heterocycles. The highest BCUT2D eigenvalue weighted by Crippen LogP contribution is 2.11. The summed E-state index contributed by atoms with van der Waals surface area (Å²) >= 11 is 1.39. The van der Waals surface area contributed by atoms with Crippen LogP contribution in [0.3, 0.4) is 0 Å². The van der Waals surface area contributed by atoms with Crippen LogP contribution in [0.4, 0.5) is 0 Å². The van der Waals surface area contributed by atoms with Crippen LogP contribution in [0.5, 0.6) is 0 Å². The topological polar surface area (TPSA) is 72.7 Å². The van der Waals surface area contributed by atoms with E-state index in [0.717, 1.165) is 11.1 Å². The summed E-state index contributed by atoms with van der Waals surface area (Å²) < 4.78 is 6.85. The van der Waals surface area contributed by atoms with E-state index in [1.54, 1.807) is 19.2 Å². The van der Waals surface area contributed by atoms with E-state index in [-0.39, 0.29) is 11.8 Å². The molecule has 0 aliphatic heterocycles. The molecule has 0 unspecified atom stereocenters. The molecular weight excluding hydrogens is 386 g/mol. The fourth-order valence-corrected chi connectivity index (χ4v) is 3.59. The molecule has 29 heavy (non-hydrogen) atoms. The molecule has 3 rings (SSSR count). The lowest BCUT2D eigenvalue weighted by atomic mass is 10.1. The van der Waals surface area contributed by atoms with Crippen LogP contribution < -0.4 is 10.1 Å². The summed E-state index contributed by atoms with van der Waals surface area (Å²) in [5, 5.41) is 4.72. The minimum atomic E-state index is -0.282. The van der Waals surface area contributed by atoms with Crippen molar-refractivity contribution in [3.8, 4) is 0 Å². The number of benzene rings is 2. The van der Waals surface area contributed by atoms with Crippen molar-refractivity contribution >= 4 is 23.2 Å². The van der Waals surface area contributed by atoms with Gasteiger partial charge in [-0.05, 0) is 30.7 Å². The minimum absolute atomic E-state index is 0.150. The van der Waals surface area contributed by atoms with Gasteiger partial charge < -0.3 is 14.6 Å². The second-order valence-corrected chi connectivity index (χ2v) is 7.38. The molecule has 3 aromatic rings. The smallest absolute Gasteiger partial charge is 0.279 e. The number of ether oxygens (including phenoxy) is 1. The number of amides is 2. The van der Waals surface area contributed by atoms with Crippen molar-refractivity contribution < 1.29 is 14.3 Å². The molecule has 0 radical (unpaired) electrons. The van der Waals surface area contributed by atoms with Crippen molar-refractivity contribution in [1.29, 1.82) is 0 Å². The van der Waals surface area contributed by atoms with Gasteiger partial charge in [0.15, 0.2) is 4.80 Å². The van der Waals surface area contributed by atoms with Gasteiger partial charge in [0.25, 0.3) is 11.8 Å². The van der Waals surface area contributed by atoms with E-state index in [2.05, 4.69) is 10.3 Å². The fourth-order valence-electron chi connectivity index (χ4n) is 2.86. The molecule has 0 bridgehead atoms.